The first-order valence-electron chi connectivity index (χ1n) is 11.5. The summed E-state index contributed by atoms with van der Waals surface area (Å²) < 4.78 is 11.7. The van der Waals surface area contributed by atoms with Crippen LogP contribution in [-0.2, 0) is 15.6 Å². The molecule has 1 aliphatic carbocycles. The molecule has 2 heterocycles. The van der Waals surface area contributed by atoms with Gasteiger partial charge in [0, 0.05) is 41.3 Å². The molecule has 5 rings (SSSR count). The molecule has 2 atom stereocenters. The molecule has 0 bridgehead atoms. The molecule has 0 N–H and O–H groups in total. The second-order valence-corrected chi connectivity index (χ2v) is 10.5. The third kappa shape index (κ3) is 4.48. The van der Waals surface area contributed by atoms with Crippen LogP contribution in [0.5, 0.6) is 0 Å². The van der Waals surface area contributed by atoms with Crippen LogP contribution in [0.3, 0.4) is 0 Å². The number of hydrazone groups is 1. The minimum Gasteiger partial charge on any atom is -0.293 e. The fraction of sp³-hybridized carbons (Fsp3) is 0.385. The van der Waals surface area contributed by atoms with Crippen molar-refractivity contribution < 1.29 is 9.00 Å². The highest BCUT2D eigenvalue weighted by Gasteiger charge is 2.43. The Bertz CT molecular complexity index is 1040. The molecular formula is C26H29N3O2S. The lowest BCUT2D eigenvalue weighted by atomic mass is 9.77. The fourth-order valence-corrected chi connectivity index (χ4v) is 6.17. The molecule has 32 heavy (non-hydrogen) atoms. The van der Waals surface area contributed by atoms with Crippen LogP contribution in [0.15, 0.2) is 71.3 Å². The zero-order valence-electron chi connectivity index (χ0n) is 18.2. The van der Waals surface area contributed by atoms with Gasteiger partial charge in [-0.05, 0) is 42.0 Å². The largest absolute Gasteiger partial charge is 0.293 e. The van der Waals surface area contributed by atoms with E-state index in [9.17, 15) is 9.00 Å². The van der Waals surface area contributed by atoms with Gasteiger partial charge in [-0.1, -0.05) is 60.7 Å². The Morgan fingerprint density at radius 1 is 1.03 bits per heavy atom. The summed E-state index contributed by atoms with van der Waals surface area (Å²) in [6.07, 6.45) is 5.37. The molecule has 2 aliphatic heterocycles. The van der Waals surface area contributed by atoms with Crippen LogP contribution in [-0.4, -0.2) is 56.9 Å². The van der Waals surface area contributed by atoms with Crippen molar-refractivity contribution >= 4 is 28.5 Å². The van der Waals surface area contributed by atoms with Crippen LogP contribution in [0.4, 0.5) is 0 Å². The monoisotopic (exact) mass is 447 g/mol. The van der Waals surface area contributed by atoms with Crippen LogP contribution in [0, 0.1) is 5.92 Å². The van der Waals surface area contributed by atoms with Crippen LogP contribution in [0.25, 0.3) is 6.08 Å². The molecule has 1 saturated heterocycles. The van der Waals surface area contributed by atoms with E-state index in [4.69, 9.17) is 5.10 Å². The van der Waals surface area contributed by atoms with Gasteiger partial charge in [-0.15, -0.1) is 0 Å². The van der Waals surface area contributed by atoms with Crippen molar-refractivity contribution in [3.63, 3.8) is 0 Å². The van der Waals surface area contributed by atoms with Crippen molar-refractivity contribution in [3.05, 3.63) is 77.4 Å². The summed E-state index contributed by atoms with van der Waals surface area (Å²) in [7, 11) is -0.746. The zero-order valence-corrected chi connectivity index (χ0v) is 19.0. The van der Waals surface area contributed by atoms with Crippen LogP contribution in [0.2, 0.25) is 0 Å². The molecule has 2 fully saturated rings. The number of fused-ring (bicyclic) bond motifs is 1. The standard InChI is InChI=1S/C26H29N3O2S/c30-24(19-28-14-16-32(31)17-15-28)29-26(21-10-5-2-6-11-21)23-13-7-12-22(25(23)27-29)18-20-8-3-1-4-9-20/h1-6,8-11,18,23,26H,7,12-17,19H2/b22-18-. The quantitative estimate of drug-likeness (QED) is 0.715. The molecule has 0 aromatic heterocycles. The van der Waals surface area contributed by atoms with Gasteiger partial charge in [0.15, 0.2) is 0 Å². The van der Waals surface area contributed by atoms with Crippen molar-refractivity contribution in [1.82, 2.24) is 9.91 Å². The van der Waals surface area contributed by atoms with Gasteiger partial charge in [0.1, 0.15) is 0 Å². The molecular weight excluding hydrogens is 418 g/mol. The average molecular weight is 448 g/mol. The number of allylic oxidation sites excluding steroid dienone is 1. The lowest BCUT2D eigenvalue weighted by molar-refractivity contribution is -0.134. The van der Waals surface area contributed by atoms with Crippen molar-refractivity contribution in [1.29, 1.82) is 0 Å². The highest BCUT2D eigenvalue weighted by Crippen LogP contribution is 2.44. The lowest BCUT2D eigenvalue weighted by Gasteiger charge is -2.31. The Hall–Kier alpha value is -2.57. The normalized spacial score (nSPS) is 25.6. The highest BCUT2D eigenvalue weighted by molar-refractivity contribution is 7.85. The van der Waals surface area contributed by atoms with Crippen molar-refractivity contribution in [2.45, 2.75) is 25.3 Å². The first-order chi connectivity index (χ1) is 15.7. The predicted octanol–water partition coefficient (Wildman–Crippen LogP) is 3.87. The number of hydrogen-bond acceptors (Lipinski definition) is 4. The molecule has 0 radical (unpaired) electrons. The van der Waals surface area contributed by atoms with E-state index in [1.165, 1.54) is 11.1 Å². The van der Waals surface area contributed by atoms with Gasteiger partial charge >= 0.3 is 0 Å². The number of rotatable bonds is 4. The lowest BCUT2D eigenvalue weighted by Crippen LogP contribution is -2.44. The van der Waals surface area contributed by atoms with Crippen molar-refractivity contribution in [3.8, 4) is 0 Å². The summed E-state index contributed by atoms with van der Waals surface area (Å²) in [5, 5.41) is 6.73. The second kappa shape index (κ2) is 9.51. The number of benzene rings is 2. The average Bonchev–Trinajstić information content (AvgIpc) is 3.23. The molecule has 2 aromatic rings. The highest BCUT2D eigenvalue weighted by atomic mass is 32.2. The summed E-state index contributed by atoms with van der Waals surface area (Å²) >= 11 is 0. The topological polar surface area (TPSA) is 53.0 Å². The molecule has 2 aromatic carbocycles. The fourth-order valence-electron chi connectivity index (χ4n) is 5.04. The van der Waals surface area contributed by atoms with E-state index in [1.807, 2.05) is 24.3 Å². The summed E-state index contributed by atoms with van der Waals surface area (Å²) in [6.45, 7) is 1.75. The Morgan fingerprint density at radius 2 is 1.72 bits per heavy atom. The van der Waals surface area contributed by atoms with E-state index in [0.29, 0.717) is 31.1 Å². The molecule has 166 valence electrons. The maximum Gasteiger partial charge on any atom is 0.257 e. The molecule has 0 spiro atoms. The van der Waals surface area contributed by atoms with Crippen molar-refractivity contribution in [2.75, 3.05) is 31.1 Å². The van der Waals surface area contributed by atoms with E-state index in [0.717, 1.165) is 30.5 Å². The zero-order chi connectivity index (χ0) is 21.9. The predicted molar refractivity (Wildman–Crippen MR) is 130 cm³/mol. The third-order valence-corrected chi connectivity index (χ3v) is 7.94. The number of amides is 1. The molecule has 1 saturated carbocycles. The number of carbonyl (C=O) groups is 1. The Morgan fingerprint density at radius 3 is 2.44 bits per heavy atom. The maximum absolute atomic E-state index is 13.5. The van der Waals surface area contributed by atoms with Gasteiger partial charge in [0.05, 0.1) is 18.3 Å². The number of nitrogens with zero attached hydrogens (tertiary/aromatic N) is 3. The first kappa shape index (κ1) is 21.3. The van der Waals surface area contributed by atoms with Crippen LogP contribution < -0.4 is 0 Å². The Balaban J connectivity index is 1.46. The summed E-state index contributed by atoms with van der Waals surface area (Å²) in [6, 6.07) is 20.6. The van der Waals surface area contributed by atoms with Gasteiger partial charge < -0.3 is 0 Å². The van der Waals surface area contributed by atoms with Crippen LogP contribution in [0.1, 0.15) is 36.4 Å². The van der Waals surface area contributed by atoms with E-state index >= 15 is 0 Å². The van der Waals surface area contributed by atoms with E-state index < -0.39 is 10.8 Å². The van der Waals surface area contributed by atoms with Gasteiger partial charge in [0.25, 0.3) is 5.91 Å². The SMILES string of the molecule is O=C(CN1CCS(=O)CC1)N1N=C2/C(=C\c3ccccc3)CCCC2C1c1ccccc1. The number of carbonyl (C=O) groups excluding carboxylic acids is 1. The van der Waals surface area contributed by atoms with E-state index in [1.54, 1.807) is 5.01 Å². The molecule has 3 aliphatic rings. The maximum atomic E-state index is 13.5. The van der Waals surface area contributed by atoms with Gasteiger partial charge in [-0.2, -0.15) is 5.10 Å². The molecule has 2 unspecified atom stereocenters. The smallest absolute Gasteiger partial charge is 0.257 e. The minimum atomic E-state index is -0.746. The minimum absolute atomic E-state index is 0.0347. The number of hydrogen-bond donors (Lipinski definition) is 0. The second-order valence-electron chi connectivity index (χ2n) is 8.78. The van der Waals surface area contributed by atoms with Crippen LogP contribution >= 0.6 is 0 Å². The first-order valence-corrected chi connectivity index (χ1v) is 13.0. The third-order valence-electron chi connectivity index (χ3n) is 6.67. The van der Waals surface area contributed by atoms with E-state index in [-0.39, 0.29) is 17.9 Å². The summed E-state index contributed by atoms with van der Waals surface area (Å²) in [5.74, 6) is 1.55. The molecule has 1 amide bonds. The summed E-state index contributed by atoms with van der Waals surface area (Å²) in [4.78, 5) is 15.6. The van der Waals surface area contributed by atoms with Gasteiger partial charge in [-0.3, -0.25) is 13.9 Å². The van der Waals surface area contributed by atoms with Gasteiger partial charge in [0.2, 0.25) is 0 Å². The van der Waals surface area contributed by atoms with Gasteiger partial charge in [-0.25, -0.2) is 5.01 Å². The summed E-state index contributed by atoms with van der Waals surface area (Å²) in [5.41, 5.74) is 4.64. The Labute approximate surface area is 192 Å². The molecule has 6 heteroatoms. The molecule has 5 nitrogen and oxygen atoms in total. The van der Waals surface area contributed by atoms with Crippen molar-refractivity contribution in [2.24, 2.45) is 11.0 Å². The van der Waals surface area contributed by atoms with E-state index in [2.05, 4.69) is 47.4 Å². The Kier molecular flexibility index (Phi) is 6.32.